The summed E-state index contributed by atoms with van der Waals surface area (Å²) in [6.07, 6.45) is 8.53. The fourth-order valence-electron chi connectivity index (χ4n) is 7.32. The molecule has 1 N–H and O–H groups in total. The predicted molar refractivity (Wildman–Crippen MR) is 103 cm³/mol. The fourth-order valence-corrected chi connectivity index (χ4v) is 7.32. The molecule has 4 aliphatic rings. The molecule has 0 amide bonds. The number of aliphatic hydroxyl groups is 1. The van der Waals surface area contributed by atoms with Gasteiger partial charge in [0.25, 0.3) is 0 Å². The highest BCUT2D eigenvalue weighted by Gasteiger charge is 2.66. The van der Waals surface area contributed by atoms with Crippen LogP contribution < -0.4 is 0 Å². The van der Waals surface area contributed by atoms with E-state index in [9.17, 15) is 19.5 Å². The van der Waals surface area contributed by atoms with Crippen LogP contribution >= 0.6 is 0 Å². The highest BCUT2D eigenvalue weighted by atomic mass is 16.5. The van der Waals surface area contributed by atoms with Gasteiger partial charge in [-0.15, -0.1) is 0 Å². The van der Waals surface area contributed by atoms with Crippen molar-refractivity contribution in [1.29, 1.82) is 0 Å². The molecular weight excluding hydrogens is 356 g/mol. The molecule has 5 heteroatoms. The fraction of sp³-hybridized carbons (Fsp3) is 0.783. The van der Waals surface area contributed by atoms with E-state index in [1.54, 1.807) is 0 Å². The molecule has 0 aliphatic heterocycles. The standard InChI is InChI=1S/C23H32O5/c1-14(24)28-13-20(26)23(27)11-8-19-17-5-4-15-12-16(25)6-9-21(15,2)18(17)7-10-22(19,23)3/h12,17-19,27H,4-11,13H2,1-3H3/t17-,18?,19?,21+,22+,23+/m1/s1. The van der Waals surface area contributed by atoms with E-state index in [1.807, 2.05) is 6.08 Å². The van der Waals surface area contributed by atoms with Crippen molar-refractivity contribution in [2.24, 2.45) is 28.6 Å². The van der Waals surface area contributed by atoms with E-state index in [0.717, 1.165) is 38.5 Å². The highest BCUT2D eigenvalue weighted by molar-refractivity contribution is 5.92. The Morgan fingerprint density at radius 2 is 1.82 bits per heavy atom. The monoisotopic (exact) mass is 388 g/mol. The minimum atomic E-state index is -1.41. The minimum Gasteiger partial charge on any atom is -0.458 e. The second-order valence-electron chi connectivity index (χ2n) is 10.0. The van der Waals surface area contributed by atoms with Gasteiger partial charge in [0, 0.05) is 18.8 Å². The van der Waals surface area contributed by atoms with Gasteiger partial charge in [-0.05, 0) is 74.2 Å². The normalized spacial score (nSPS) is 44.8. The third-order valence-electron chi connectivity index (χ3n) is 8.98. The summed E-state index contributed by atoms with van der Waals surface area (Å²) in [5.74, 6) is 0.712. The van der Waals surface area contributed by atoms with E-state index < -0.39 is 17.0 Å². The van der Waals surface area contributed by atoms with Gasteiger partial charge in [-0.1, -0.05) is 19.4 Å². The highest BCUT2D eigenvalue weighted by Crippen LogP contribution is 2.67. The molecule has 0 aromatic rings. The van der Waals surface area contributed by atoms with Crippen molar-refractivity contribution in [3.63, 3.8) is 0 Å². The van der Waals surface area contributed by atoms with Gasteiger partial charge in [-0.3, -0.25) is 14.4 Å². The quantitative estimate of drug-likeness (QED) is 0.750. The second-order valence-corrected chi connectivity index (χ2v) is 10.0. The van der Waals surface area contributed by atoms with Crippen molar-refractivity contribution < 1.29 is 24.2 Å². The lowest BCUT2D eigenvalue weighted by atomic mass is 9.46. The molecule has 4 rings (SSSR count). The van der Waals surface area contributed by atoms with Crippen LogP contribution in [0.4, 0.5) is 0 Å². The lowest BCUT2D eigenvalue weighted by Crippen LogP contribution is -2.58. The number of ether oxygens (including phenoxy) is 1. The average Bonchev–Trinajstić information content (AvgIpc) is 2.92. The van der Waals surface area contributed by atoms with Crippen molar-refractivity contribution in [3.05, 3.63) is 11.6 Å². The van der Waals surface area contributed by atoms with Crippen LogP contribution in [0.3, 0.4) is 0 Å². The van der Waals surface area contributed by atoms with Crippen LogP contribution in [-0.4, -0.2) is 34.9 Å². The van der Waals surface area contributed by atoms with E-state index in [4.69, 9.17) is 4.74 Å². The maximum absolute atomic E-state index is 12.8. The molecule has 0 bridgehead atoms. The first-order valence-corrected chi connectivity index (χ1v) is 10.7. The zero-order chi connectivity index (χ0) is 20.3. The van der Waals surface area contributed by atoms with Crippen LogP contribution in [0.25, 0.3) is 0 Å². The van der Waals surface area contributed by atoms with Gasteiger partial charge in [-0.25, -0.2) is 0 Å². The van der Waals surface area contributed by atoms with Crippen LogP contribution in [0.5, 0.6) is 0 Å². The van der Waals surface area contributed by atoms with E-state index in [0.29, 0.717) is 30.6 Å². The summed E-state index contributed by atoms with van der Waals surface area (Å²) >= 11 is 0. The summed E-state index contributed by atoms with van der Waals surface area (Å²) < 4.78 is 4.92. The Kier molecular flexibility index (Phi) is 4.61. The first-order valence-electron chi connectivity index (χ1n) is 10.7. The Labute approximate surface area is 166 Å². The molecule has 6 atom stereocenters. The lowest BCUT2D eigenvalue weighted by Gasteiger charge is -2.58. The Morgan fingerprint density at radius 3 is 2.54 bits per heavy atom. The molecule has 28 heavy (non-hydrogen) atoms. The lowest BCUT2D eigenvalue weighted by molar-refractivity contribution is -0.169. The van der Waals surface area contributed by atoms with Crippen molar-refractivity contribution in [2.75, 3.05) is 6.61 Å². The number of carbonyl (C=O) groups excluding carboxylic acids is 3. The zero-order valence-electron chi connectivity index (χ0n) is 17.3. The predicted octanol–water partition coefficient (Wildman–Crippen LogP) is 3.38. The van der Waals surface area contributed by atoms with Gasteiger partial charge in [-0.2, -0.15) is 0 Å². The van der Waals surface area contributed by atoms with E-state index >= 15 is 0 Å². The molecule has 0 radical (unpaired) electrons. The summed E-state index contributed by atoms with van der Waals surface area (Å²) in [5, 5.41) is 11.5. The Hall–Kier alpha value is -1.49. The molecule has 0 aromatic heterocycles. The van der Waals surface area contributed by atoms with Crippen LogP contribution in [-0.2, 0) is 19.1 Å². The molecule has 4 aliphatic carbocycles. The number of esters is 1. The SMILES string of the molecule is CC(=O)OCC(=O)[C@@]1(O)CCC2[C@@H]3CCC4=CC(=O)CC[C@]4(C)C3CC[C@@]21C. The first kappa shape index (κ1) is 19.8. The van der Waals surface area contributed by atoms with Gasteiger partial charge >= 0.3 is 5.97 Å². The number of allylic oxidation sites excluding steroid dienone is 1. The van der Waals surface area contributed by atoms with Gasteiger partial charge in [0.05, 0.1) is 0 Å². The number of rotatable bonds is 3. The number of fused-ring (bicyclic) bond motifs is 5. The number of carbonyl (C=O) groups is 3. The Morgan fingerprint density at radius 1 is 1.11 bits per heavy atom. The molecule has 2 unspecified atom stereocenters. The van der Waals surface area contributed by atoms with Gasteiger partial charge in [0.1, 0.15) is 5.60 Å². The molecule has 0 saturated heterocycles. The van der Waals surface area contributed by atoms with Crippen LogP contribution in [0, 0.1) is 28.6 Å². The summed E-state index contributed by atoms with van der Waals surface area (Å²) in [4.78, 5) is 35.9. The number of hydrogen-bond donors (Lipinski definition) is 1. The second kappa shape index (κ2) is 6.51. The molecular formula is C23H32O5. The first-order chi connectivity index (χ1) is 13.1. The summed E-state index contributed by atoms with van der Waals surface area (Å²) in [6.45, 7) is 5.35. The smallest absolute Gasteiger partial charge is 0.303 e. The van der Waals surface area contributed by atoms with E-state index in [1.165, 1.54) is 12.5 Å². The topological polar surface area (TPSA) is 80.7 Å². The van der Waals surface area contributed by atoms with Crippen molar-refractivity contribution in [3.8, 4) is 0 Å². The van der Waals surface area contributed by atoms with Gasteiger partial charge < -0.3 is 9.84 Å². The molecule has 3 fully saturated rings. The van der Waals surface area contributed by atoms with E-state index in [-0.39, 0.29) is 23.6 Å². The maximum atomic E-state index is 12.8. The summed E-state index contributed by atoms with van der Waals surface area (Å²) in [5.41, 5.74) is -0.459. The molecule has 0 aromatic carbocycles. The largest absolute Gasteiger partial charge is 0.458 e. The number of ketones is 2. The molecule has 0 heterocycles. The molecule has 154 valence electrons. The third-order valence-corrected chi connectivity index (χ3v) is 8.98. The number of hydrogen-bond acceptors (Lipinski definition) is 5. The minimum absolute atomic E-state index is 0.0839. The average molecular weight is 389 g/mol. The Balaban J connectivity index is 1.60. The summed E-state index contributed by atoms with van der Waals surface area (Å²) in [7, 11) is 0. The number of Topliss-reactive ketones (excluding diaryl/α,β-unsaturated/α-hetero) is 1. The molecule has 3 saturated carbocycles. The van der Waals surface area contributed by atoms with Crippen LogP contribution in [0.2, 0.25) is 0 Å². The molecule has 0 spiro atoms. The van der Waals surface area contributed by atoms with Crippen molar-refractivity contribution >= 4 is 17.5 Å². The van der Waals surface area contributed by atoms with Crippen LogP contribution in [0.1, 0.15) is 72.1 Å². The third kappa shape index (κ3) is 2.65. The Bertz CT molecular complexity index is 754. The van der Waals surface area contributed by atoms with Gasteiger partial charge in [0.15, 0.2) is 12.4 Å². The molecule has 5 nitrogen and oxygen atoms in total. The van der Waals surface area contributed by atoms with E-state index in [2.05, 4.69) is 13.8 Å². The summed E-state index contributed by atoms with van der Waals surface area (Å²) in [6, 6.07) is 0. The zero-order valence-corrected chi connectivity index (χ0v) is 17.3. The van der Waals surface area contributed by atoms with Crippen molar-refractivity contribution in [2.45, 2.75) is 77.7 Å². The maximum Gasteiger partial charge on any atom is 0.303 e. The van der Waals surface area contributed by atoms with Gasteiger partial charge in [0.2, 0.25) is 5.78 Å². The van der Waals surface area contributed by atoms with Crippen LogP contribution in [0.15, 0.2) is 11.6 Å². The van der Waals surface area contributed by atoms with Crippen molar-refractivity contribution in [1.82, 2.24) is 0 Å².